The number of hydrogen-bond donors (Lipinski definition) is 2. The number of fused-ring (bicyclic) bond motifs is 1. The number of phenolic OH excluding ortho intramolecular Hbond substituents is 1. The van der Waals surface area contributed by atoms with Crippen LogP contribution in [0.25, 0.3) is 5.70 Å². The molecule has 0 spiro atoms. The minimum atomic E-state index is 0.225. The van der Waals surface area contributed by atoms with E-state index >= 15 is 0 Å². The summed E-state index contributed by atoms with van der Waals surface area (Å²) < 4.78 is 0. The summed E-state index contributed by atoms with van der Waals surface area (Å²) in [7, 11) is 0. The van der Waals surface area contributed by atoms with E-state index in [-0.39, 0.29) is 6.04 Å². The predicted molar refractivity (Wildman–Crippen MR) is 91.9 cm³/mol. The van der Waals surface area contributed by atoms with Crippen molar-refractivity contribution in [3.8, 4) is 5.75 Å². The Labute approximate surface area is 132 Å². The van der Waals surface area contributed by atoms with Gasteiger partial charge in [-0.15, -0.1) is 0 Å². The first kappa shape index (κ1) is 14.7. The largest absolute Gasteiger partial charge is 0.508 e. The topological polar surface area (TPSA) is 32.3 Å². The quantitative estimate of drug-likeness (QED) is 0.863. The lowest BCUT2D eigenvalue weighted by atomic mass is 9.86. The maximum absolute atomic E-state index is 10.1. The highest BCUT2D eigenvalue weighted by Crippen LogP contribution is 2.36. The first-order valence-electron chi connectivity index (χ1n) is 7.90. The van der Waals surface area contributed by atoms with Crippen molar-refractivity contribution in [2.24, 2.45) is 0 Å². The van der Waals surface area contributed by atoms with Gasteiger partial charge >= 0.3 is 0 Å². The van der Waals surface area contributed by atoms with Gasteiger partial charge in [-0.1, -0.05) is 36.9 Å². The van der Waals surface area contributed by atoms with E-state index in [2.05, 4.69) is 50.0 Å². The molecule has 1 aliphatic rings. The van der Waals surface area contributed by atoms with Gasteiger partial charge in [0.1, 0.15) is 5.75 Å². The number of aryl methyl sites for hydroxylation is 1. The van der Waals surface area contributed by atoms with Gasteiger partial charge in [-0.2, -0.15) is 0 Å². The molecule has 0 radical (unpaired) electrons. The van der Waals surface area contributed by atoms with Crippen molar-refractivity contribution in [3.05, 3.63) is 70.8 Å². The molecule has 2 nitrogen and oxygen atoms in total. The van der Waals surface area contributed by atoms with Crippen molar-refractivity contribution >= 4 is 5.70 Å². The minimum absolute atomic E-state index is 0.225. The third-order valence-corrected chi connectivity index (χ3v) is 4.76. The van der Waals surface area contributed by atoms with E-state index in [1.54, 1.807) is 6.07 Å². The van der Waals surface area contributed by atoms with Crippen LogP contribution in [0.3, 0.4) is 0 Å². The Hall–Kier alpha value is -2.22. The monoisotopic (exact) mass is 293 g/mol. The molecule has 1 aliphatic carbocycles. The van der Waals surface area contributed by atoms with Gasteiger partial charge in [0.2, 0.25) is 0 Å². The highest BCUT2D eigenvalue weighted by Gasteiger charge is 2.22. The second kappa shape index (κ2) is 5.88. The normalized spacial score (nSPS) is 16.9. The molecule has 0 bridgehead atoms. The fraction of sp³-hybridized carbons (Fsp3) is 0.300. The average Bonchev–Trinajstić information content (AvgIpc) is 2.51. The summed E-state index contributed by atoms with van der Waals surface area (Å²) in [5.74, 6) is 0.418. The maximum atomic E-state index is 10.1. The zero-order chi connectivity index (χ0) is 15.7. The van der Waals surface area contributed by atoms with Gasteiger partial charge in [0.15, 0.2) is 0 Å². The van der Waals surface area contributed by atoms with Crippen LogP contribution >= 0.6 is 0 Å². The van der Waals surface area contributed by atoms with Crippen LogP contribution in [0.4, 0.5) is 0 Å². The lowest BCUT2D eigenvalue weighted by Crippen LogP contribution is -2.24. The molecule has 2 aromatic rings. The van der Waals surface area contributed by atoms with Crippen LogP contribution in [0.1, 0.15) is 46.7 Å². The molecule has 0 saturated carbocycles. The second-order valence-corrected chi connectivity index (χ2v) is 6.16. The van der Waals surface area contributed by atoms with Crippen molar-refractivity contribution in [2.45, 2.75) is 39.2 Å². The summed E-state index contributed by atoms with van der Waals surface area (Å²) in [5, 5.41) is 13.6. The Balaban J connectivity index is 1.87. The standard InChI is InChI=1S/C20H23NO/c1-13-7-4-8-16(14(13)2)15(3)21-19-11-5-10-18-17(19)9-6-12-20(18)22/h4,6-9,12,19,21-22H,3,5,10-11H2,1-2H3. The average molecular weight is 293 g/mol. The third-order valence-electron chi connectivity index (χ3n) is 4.76. The van der Waals surface area contributed by atoms with Crippen LogP contribution in [0.5, 0.6) is 5.75 Å². The van der Waals surface area contributed by atoms with E-state index in [0.29, 0.717) is 5.75 Å². The molecular formula is C20H23NO. The summed E-state index contributed by atoms with van der Waals surface area (Å²) in [6.45, 7) is 8.50. The summed E-state index contributed by atoms with van der Waals surface area (Å²) in [5.41, 5.74) is 6.97. The number of rotatable bonds is 3. The first-order valence-corrected chi connectivity index (χ1v) is 7.90. The van der Waals surface area contributed by atoms with Gasteiger partial charge in [0, 0.05) is 11.3 Å². The summed E-state index contributed by atoms with van der Waals surface area (Å²) in [6.07, 6.45) is 3.11. The highest BCUT2D eigenvalue weighted by atomic mass is 16.3. The summed E-state index contributed by atoms with van der Waals surface area (Å²) >= 11 is 0. The van der Waals surface area contributed by atoms with Gasteiger partial charge in [0.25, 0.3) is 0 Å². The molecule has 0 heterocycles. The van der Waals surface area contributed by atoms with Gasteiger partial charge < -0.3 is 10.4 Å². The molecule has 0 aromatic heterocycles. The number of benzene rings is 2. The smallest absolute Gasteiger partial charge is 0.119 e. The van der Waals surface area contributed by atoms with E-state index in [0.717, 1.165) is 30.5 Å². The molecule has 1 unspecified atom stereocenters. The van der Waals surface area contributed by atoms with Crippen molar-refractivity contribution in [1.82, 2.24) is 5.32 Å². The molecule has 0 amide bonds. The molecular weight excluding hydrogens is 270 g/mol. The van der Waals surface area contributed by atoms with Crippen LogP contribution < -0.4 is 5.32 Å². The highest BCUT2D eigenvalue weighted by molar-refractivity contribution is 5.66. The molecule has 114 valence electrons. The molecule has 2 heteroatoms. The van der Waals surface area contributed by atoms with E-state index in [4.69, 9.17) is 0 Å². The van der Waals surface area contributed by atoms with Gasteiger partial charge in [0.05, 0.1) is 6.04 Å². The Kier molecular flexibility index (Phi) is 3.93. The van der Waals surface area contributed by atoms with Gasteiger partial charge in [-0.3, -0.25) is 0 Å². The van der Waals surface area contributed by atoms with Gasteiger partial charge in [-0.05, 0) is 61.4 Å². The van der Waals surface area contributed by atoms with Crippen LogP contribution in [0, 0.1) is 13.8 Å². The van der Waals surface area contributed by atoms with Crippen molar-refractivity contribution in [3.63, 3.8) is 0 Å². The first-order chi connectivity index (χ1) is 10.6. The Bertz CT molecular complexity index is 718. The fourth-order valence-electron chi connectivity index (χ4n) is 3.35. The molecule has 0 saturated heterocycles. The maximum Gasteiger partial charge on any atom is 0.119 e. The molecule has 0 aliphatic heterocycles. The Morgan fingerprint density at radius 3 is 2.77 bits per heavy atom. The lowest BCUT2D eigenvalue weighted by molar-refractivity contribution is 0.448. The predicted octanol–water partition coefficient (Wildman–Crippen LogP) is 4.65. The third kappa shape index (κ3) is 2.61. The number of nitrogens with one attached hydrogen (secondary N) is 1. The molecule has 22 heavy (non-hydrogen) atoms. The van der Waals surface area contributed by atoms with Crippen LogP contribution in [-0.2, 0) is 6.42 Å². The van der Waals surface area contributed by atoms with Crippen LogP contribution in [0.15, 0.2) is 43.0 Å². The lowest BCUT2D eigenvalue weighted by Gasteiger charge is -2.29. The molecule has 2 aromatic carbocycles. The van der Waals surface area contributed by atoms with E-state index < -0.39 is 0 Å². The SMILES string of the molecule is C=C(NC1CCCc2c(O)cccc21)c1cccc(C)c1C. The van der Waals surface area contributed by atoms with Crippen LogP contribution in [0.2, 0.25) is 0 Å². The minimum Gasteiger partial charge on any atom is -0.508 e. The van der Waals surface area contributed by atoms with Crippen molar-refractivity contribution in [2.75, 3.05) is 0 Å². The van der Waals surface area contributed by atoms with Crippen LogP contribution in [-0.4, -0.2) is 5.11 Å². The zero-order valence-electron chi connectivity index (χ0n) is 13.3. The molecule has 0 fully saturated rings. The Morgan fingerprint density at radius 1 is 1.18 bits per heavy atom. The molecule has 2 N–H and O–H groups in total. The van der Waals surface area contributed by atoms with Crippen molar-refractivity contribution in [1.29, 1.82) is 0 Å². The van der Waals surface area contributed by atoms with Gasteiger partial charge in [-0.25, -0.2) is 0 Å². The fourth-order valence-corrected chi connectivity index (χ4v) is 3.35. The number of aromatic hydroxyl groups is 1. The zero-order valence-corrected chi connectivity index (χ0v) is 13.3. The van der Waals surface area contributed by atoms with E-state index in [9.17, 15) is 5.11 Å². The second-order valence-electron chi connectivity index (χ2n) is 6.16. The number of hydrogen-bond acceptors (Lipinski definition) is 2. The molecule has 1 atom stereocenters. The summed E-state index contributed by atoms with van der Waals surface area (Å²) in [6, 6.07) is 12.4. The van der Waals surface area contributed by atoms with Crippen molar-refractivity contribution < 1.29 is 5.11 Å². The molecule has 3 rings (SSSR count). The van der Waals surface area contributed by atoms with E-state index in [1.807, 2.05) is 6.07 Å². The Morgan fingerprint density at radius 2 is 1.95 bits per heavy atom. The summed E-state index contributed by atoms with van der Waals surface area (Å²) in [4.78, 5) is 0. The number of phenols is 1. The van der Waals surface area contributed by atoms with E-state index in [1.165, 1.54) is 22.3 Å².